The van der Waals surface area contributed by atoms with Gasteiger partial charge >= 0.3 is 0 Å². The summed E-state index contributed by atoms with van der Waals surface area (Å²) in [5, 5.41) is 5.04. The first kappa shape index (κ1) is 16.4. The van der Waals surface area contributed by atoms with Gasteiger partial charge in [0, 0.05) is 0 Å². The Labute approximate surface area is 142 Å². The zero-order valence-corrected chi connectivity index (χ0v) is 14.4. The highest BCUT2D eigenvalue weighted by Gasteiger charge is 2.21. The second kappa shape index (κ2) is 7.43. The molecule has 3 aromatic rings. The molecule has 4 rings (SSSR count). The molecule has 0 saturated heterocycles. The first-order valence-corrected chi connectivity index (χ1v) is 8.79. The number of benzene rings is 1. The summed E-state index contributed by atoms with van der Waals surface area (Å²) in [6, 6.07) is 10.3. The van der Waals surface area contributed by atoms with Gasteiger partial charge in [0.25, 0.3) is 5.56 Å². The van der Waals surface area contributed by atoms with Crippen LogP contribution in [0.15, 0.2) is 47.7 Å². The van der Waals surface area contributed by atoms with Gasteiger partial charge in [0.15, 0.2) is 5.65 Å². The van der Waals surface area contributed by atoms with Gasteiger partial charge in [-0.15, -0.1) is 0 Å². The standard InChI is InChI=1S/C17H18N4O.C2H6/c22-17-15-10-19-21(14-8-4-5-9-14)16(15)18-12-20(17)11-13-6-2-1-3-7-13;1-2/h1-3,6-7,10,12,14H,4-5,8-9,11H2;1-2H3. The van der Waals surface area contributed by atoms with Crippen LogP contribution in [-0.4, -0.2) is 19.3 Å². The second-order valence-electron chi connectivity index (χ2n) is 5.93. The smallest absolute Gasteiger partial charge is 0.264 e. The van der Waals surface area contributed by atoms with E-state index in [0.29, 0.717) is 18.0 Å². The van der Waals surface area contributed by atoms with Crippen molar-refractivity contribution in [2.24, 2.45) is 0 Å². The molecule has 0 aliphatic heterocycles. The van der Waals surface area contributed by atoms with Crippen molar-refractivity contribution >= 4 is 11.0 Å². The lowest BCUT2D eigenvalue weighted by molar-refractivity contribution is 0.478. The highest BCUT2D eigenvalue weighted by Crippen LogP contribution is 2.30. The Balaban J connectivity index is 0.000000815. The van der Waals surface area contributed by atoms with Crippen LogP contribution < -0.4 is 5.56 Å². The molecule has 2 aromatic heterocycles. The number of hydrogen-bond acceptors (Lipinski definition) is 3. The predicted molar refractivity (Wildman–Crippen MR) is 96.2 cm³/mol. The molecule has 1 aromatic carbocycles. The molecule has 0 unspecified atom stereocenters. The van der Waals surface area contributed by atoms with Gasteiger partial charge < -0.3 is 0 Å². The lowest BCUT2D eigenvalue weighted by atomic mass is 10.2. The topological polar surface area (TPSA) is 52.7 Å². The molecule has 2 heterocycles. The molecule has 1 fully saturated rings. The minimum absolute atomic E-state index is 0.0156. The normalized spacial score (nSPS) is 14.6. The van der Waals surface area contributed by atoms with E-state index in [4.69, 9.17) is 0 Å². The Kier molecular flexibility index (Phi) is 5.08. The van der Waals surface area contributed by atoms with E-state index in [1.165, 1.54) is 12.8 Å². The Morgan fingerprint density at radius 2 is 1.83 bits per heavy atom. The summed E-state index contributed by atoms with van der Waals surface area (Å²) in [5.74, 6) is 0. The van der Waals surface area contributed by atoms with Crippen molar-refractivity contribution in [3.8, 4) is 0 Å². The fraction of sp³-hybridized carbons (Fsp3) is 0.421. The van der Waals surface area contributed by atoms with Crippen LogP contribution in [0.4, 0.5) is 0 Å². The zero-order valence-electron chi connectivity index (χ0n) is 14.4. The summed E-state index contributed by atoms with van der Waals surface area (Å²) in [6.07, 6.45) is 8.04. The fourth-order valence-electron chi connectivity index (χ4n) is 3.28. The highest BCUT2D eigenvalue weighted by molar-refractivity contribution is 5.73. The molecule has 1 saturated carbocycles. The van der Waals surface area contributed by atoms with Gasteiger partial charge in [-0.2, -0.15) is 5.10 Å². The summed E-state index contributed by atoms with van der Waals surface area (Å²) >= 11 is 0. The summed E-state index contributed by atoms with van der Waals surface area (Å²) in [6.45, 7) is 4.54. The van der Waals surface area contributed by atoms with Gasteiger partial charge in [0.2, 0.25) is 0 Å². The van der Waals surface area contributed by atoms with Gasteiger partial charge in [-0.25, -0.2) is 9.67 Å². The Morgan fingerprint density at radius 3 is 2.54 bits per heavy atom. The number of hydrogen-bond donors (Lipinski definition) is 0. The van der Waals surface area contributed by atoms with E-state index >= 15 is 0 Å². The molecule has 5 nitrogen and oxygen atoms in total. The van der Waals surface area contributed by atoms with Gasteiger partial charge in [0.1, 0.15) is 11.7 Å². The molecule has 0 amide bonds. The fourth-order valence-corrected chi connectivity index (χ4v) is 3.28. The van der Waals surface area contributed by atoms with Crippen molar-refractivity contribution in [3.05, 3.63) is 58.8 Å². The molecular weight excluding hydrogens is 300 g/mol. The molecule has 0 N–H and O–H groups in total. The molecule has 1 aliphatic carbocycles. The average Bonchev–Trinajstić information content (AvgIpc) is 3.29. The largest absolute Gasteiger partial charge is 0.294 e. The van der Waals surface area contributed by atoms with E-state index in [0.717, 1.165) is 24.1 Å². The zero-order chi connectivity index (χ0) is 16.9. The lowest BCUT2D eigenvalue weighted by Gasteiger charge is -2.11. The maximum Gasteiger partial charge on any atom is 0.264 e. The average molecular weight is 324 g/mol. The van der Waals surface area contributed by atoms with E-state index < -0.39 is 0 Å². The van der Waals surface area contributed by atoms with Crippen molar-refractivity contribution in [2.75, 3.05) is 0 Å². The van der Waals surface area contributed by atoms with E-state index in [2.05, 4.69) is 10.1 Å². The minimum Gasteiger partial charge on any atom is -0.294 e. The van der Waals surface area contributed by atoms with Gasteiger partial charge in [-0.05, 0) is 18.4 Å². The number of aromatic nitrogens is 4. The lowest BCUT2D eigenvalue weighted by Crippen LogP contribution is -2.21. The molecule has 1 aliphatic rings. The summed E-state index contributed by atoms with van der Waals surface area (Å²) in [5.41, 5.74) is 1.80. The number of nitrogens with zero attached hydrogens (tertiary/aromatic N) is 4. The highest BCUT2D eigenvalue weighted by atomic mass is 16.1. The maximum atomic E-state index is 12.6. The van der Waals surface area contributed by atoms with Crippen LogP contribution >= 0.6 is 0 Å². The molecule has 0 radical (unpaired) electrons. The minimum atomic E-state index is -0.0156. The van der Waals surface area contributed by atoms with Crippen molar-refractivity contribution in [1.82, 2.24) is 19.3 Å². The summed E-state index contributed by atoms with van der Waals surface area (Å²) < 4.78 is 3.59. The van der Waals surface area contributed by atoms with Crippen molar-refractivity contribution < 1.29 is 0 Å². The van der Waals surface area contributed by atoms with Gasteiger partial charge in [-0.3, -0.25) is 9.36 Å². The first-order chi connectivity index (χ1) is 11.8. The van der Waals surface area contributed by atoms with E-state index in [1.807, 2.05) is 48.9 Å². The molecule has 24 heavy (non-hydrogen) atoms. The van der Waals surface area contributed by atoms with Gasteiger partial charge in [0.05, 0.1) is 18.8 Å². The van der Waals surface area contributed by atoms with Crippen LogP contribution in [0.5, 0.6) is 0 Å². The van der Waals surface area contributed by atoms with Crippen LogP contribution in [0.1, 0.15) is 51.1 Å². The van der Waals surface area contributed by atoms with E-state index in [9.17, 15) is 4.79 Å². The Hall–Kier alpha value is -2.43. The van der Waals surface area contributed by atoms with E-state index in [-0.39, 0.29) is 5.56 Å². The monoisotopic (exact) mass is 324 g/mol. The van der Waals surface area contributed by atoms with Crippen molar-refractivity contribution in [3.63, 3.8) is 0 Å². The Morgan fingerprint density at radius 1 is 1.12 bits per heavy atom. The molecular formula is C19H24N4O. The quantitative estimate of drug-likeness (QED) is 0.736. The van der Waals surface area contributed by atoms with Gasteiger partial charge in [-0.1, -0.05) is 57.0 Å². The van der Waals surface area contributed by atoms with E-state index in [1.54, 1.807) is 17.1 Å². The van der Waals surface area contributed by atoms with Crippen molar-refractivity contribution in [1.29, 1.82) is 0 Å². The molecule has 0 atom stereocenters. The third kappa shape index (κ3) is 3.11. The molecule has 0 spiro atoms. The summed E-state index contributed by atoms with van der Waals surface area (Å²) in [7, 11) is 0. The third-order valence-electron chi connectivity index (χ3n) is 4.45. The third-order valence-corrected chi connectivity index (χ3v) is 4.45. The van der Waals surface area contributed by atoms with Crippen LogP contribution in [0, 0.1) is 0 Å². The van der Waals surface area contributed by atoms with Crippen LogP contribution in [0.25, 0.3) is 11.0 Å². The van der Waals surface area contributed by atoms with Crippen LogP contribution in [-0.2, 0) is 6.54 Å². The van der Waals surface area contributed by atoms with Crippen molar-refractivity contribution in [2.45, 2.75) is 52.1 Å². The maximum absolute atomic E-state index is 12.6. The predicted octanol–water partition coefficient (Wildman–Crippen LogP) is 3.78. The summed E-state index contributed by atoms with van der Waals surface area (Å²) in [4.78, 5) is 17.1. The Bertz CT molecular complexity index is 845. The second-order valence-corrected chi connectivity index (χ2v) is 5.93. The van der Waals surface area contributed by atoms with Crippen LogP contribution in [0.3, 0.4) is 0 Å². The number of fused-ring (bicyclic) bond motifs is 1. The number of rotatable bonds is 3. The molecule has 0 bridgehead atoms. The molecule has 5 heteroatoms. The SMILES string of the molecule is CC.O=c1c2cnn(C3CCCC3)c2ncn1Cc1ccccc1. The first-order valence-electron chi connectivity index (χ1n) is 8.79. The molecule has 126 valence electrons. The van der Waals surface area contributed by atoms with Crippen LogP contribution in [0.2, 0.25) is 0 Å².